The SMILES string of the molecule is CCOC(=O)C(C)C(=O)Nc1ccc(C)c2c1cc(C)n2Cc1ccc(O)c(C(C)C)c1. The number of phenols is 1. The smallest absolute Gasteiger partial charge is 0.318 e. The molecule has 0 fully saturated rings. The molecule has 0 saturated carbocycles. The van der Waals surface area contributed by atoms with Gasteiger partial charge in [0.15, 0.2) is 0 Å². The molecule has 0 radical (unpaired) electrons. The van der Waals surface area contributed by atoms with Gasteiger partial charge in [-0.15, -0.1) is 0 Å². The number of anilines is 1. The quantitative estimate of drug-likeness (QED) is 0.390. The highest BCUT2D eigenvalue weighted by Gasteiger charge is 2.24. The third-order valence-corrected chi connectivity index (χ3v) is 5.81. The van der Waals surface area contributed by atoms with Gasteiger partial charge < -0.3 is 19.7 Å². The predicted molar refractivity (Wildman–Crippen MR) is 127 cm³/mol. The van der Waals surface area contributed by atoms with Crippen LogP contribution in [0.5, 0.6) is 5.75 Å². The lowest BCUT2D eigenvalue weighted by molar-refractivity contribution is -0.150. The number of hydrogen-bond donors (Lipinski definition) is 2. The number of carbonyl (C=O) groups excluding carboxylic acids is 2. The Morgan fingerprint density at radius 2 is 1.81 bits per heavy atom. The molecule has 0 bridgehead atoms. The summed E-state index contributed by atoms with van der Waals surface area (Å²) in [5.74, 6) is -1.27. The minimum atomic E-state index is -0.888. The molecule has 3 rings (SSSR count). The molecule has 1 amide bonds. The highest BCUT2D eigenvalue weighted by Crippen LogP contribution is 2.32. The van der Waals surface area contributed by atoms with Crippen molar-refractivity contribution in [1.29, 1.82) is 0 Å². The Bertz CT molecular complexity index is 1160. The first kappa shape index (κ1) is 23.4. The van der Waals surface area contributed by atoms with E-state index in [1.807, 2.05) is 38.1 Å². The van der Waals surface area contributed by atoms with Crippen LogP contribution in [0.1, 0.15) is 56.0 Å². The number of carbonyl (C=O) groups is 2. The van der Waals surface area contributed by atoms with E-state index in [9.17, 15) is 14.7 Å². The maximum atomic E-state index is 12.6. The molecule has 2 aromatic carbocycles. The summed E-state index contributed by atoms with van der Waals surface area (Å²) in [6.45, 7) is 12.4. The van der Waals surface area contributed by atoms with Crippen LogP contribution in [0.15, 0.2) is 36.4 Å². The molecular weight excluding hydrogens is 404 g/mol. The minimum Gasteiger partial charge on any atom is -0.508 e. The summed E-state index contributed by atoms with van der Waals surface area (Å²) in [4.78, 5) is 24.6. The zero-order valence-corrected chi connectivity index (χ0v) is 19.7. The van der Waals surface area contributed by atoms with Gasteiger partial charge >= 0.3 is 5.97 Å². The number of nitrogens with one attached hydrogen (secondary N) is 1. The fourth-order valence-electron chi connectivity index (χ4n) is 3.96. The summed E-state index contributed by atoms with van der Waals surface area (Å²) < 4.78 is 7.19. The number of fused-ring (bicyclic) bond motifs is 1. The highest BCUT2D eigenvalue weighted by atomic mass is 16.5. The van der Waals surface area contributed by atoms with E-state index < -0.39 is 11.9 Å². The van der Waals surface area contributed by atoms with Crippen molar-refractivity contribution in [3.05, 3.63) is 58.8 Å². The topological polar surface area (TPSA) is 80.6 Å². The maximum Gasteiger partial charge on any atom is 0.318 e. The van der Waals surface area contributed by atoms with Crippen molar-refractivity contribution in [2.75, 3.05) is 11.9 Å². The lowest BCUT2D eigenvalue weighted by Gasteiger charge is -2.15. The molecule has 3 aromatic rings. The third kappa shape index (κ3) is 4.64. The fraction of sp³-hybridized carbons (Fsp3) is 0.385. The second kappa shape index (κ2) is 9.47. The lowest BCUT2D eigenvalue weighted by atomic mass is 9.99. The number of aromatic nitrogens is 1. The van der Waals surface area contributed by atoms with E-state index >= 15 is 0 Å². The maximum absolute atomic E-state index is 12.6. The van der Waals surface area contributed by atoms with E-state index in [2.05, 4.69) is 29.8 Å². The van der Waals surface area contributed by atoms with Gasteiger partial charge in [0.2, 0.25) is 5.91 Å². The summed E-state index contributed by atoms with van der Waals surface area (Å²) in [5, 5.41) is 14.0. The molecule has 32 heavy (non-hydrogen) atoms. The molecule has 0 aliphatic rings. The summed E-state index contributed by atoms with van der Waals surface area (Å²) >= 11 is 0. The molecule has 0 spiro atoms. The number of benzene rings is 2. The summed E-state index contributed by atoms with van der Waals surface area (Å²) in [5.41, 5.74) is 5.87. The first-order chi connectivity index (χ1) is 15.1. The van der Waals surface area contributed by atoms with Gasteiger partial charge in [0, 0.05) is 17.6 Å². The number of ether oxygens (including phenoxy) is 1. The van der Waals surface area contributed by atoms with Crippen LogP contribution >= 0.6 is 0 Å². The molecule has 0 saturated heterocycles. The van der Waals surface area contributed by atoms with Gasteiger partial charge in [0.25, 0.3) is 0 Å². The number of esters is 1. The second-order valence-electron chi connectivity index (χ2n) is 8.58. The molecule has 170 valence electrons. The third-order valence-electron chi connectivity index (χ3n) is 5.81. The van der Waals surface area contributed by atoms with Crippen molar-refractivity contribution in [2.24, 2.45) is 5.92 Å². The Hall–Kier alpha value is -3.28. The van der Waals surface area contributed by atoms with E-state index in [-0.39, 0.29) is 18.4 Å². The largest absolute Gasteiger partial charge is 0.508 e. The van der Waals surface area contributed by atoms with E-state index in [4.69, 9.17) is 4.74 Å². The van der Waals surface area contributed by atoms with Gasteiger partial charge in [0.1, 0.15) is 11.7 Å². The van der Waals surface area contributed by atoms with E-state index in [0.29, 0.717) is 18.0 Å². The van der Waals surface area contributed by atoms with Crippen molar-refractivity contribution in [3.8, 4) is 5.75 Å². The number of phenolic OH excluding ortho intramolecular Hbond substituents is 1. The first-order valence-corrected chi connectivity index (χ1v) is 11.0. The van der Waals surface area contributed by atoms with Gasteiger partial charge in [-0.1, -0.05) is 32.0 Å². The lowest BCUT2D eigenvalue weighted by Crippen LogP contribution is -2.28. The Kier molecular flexibility index (Phi) is 6.92. The average Bonchev–Trinajstić information content (AvgIpc) is 3.07. The number of rotatable bonds is 7. The normalized spacial score (nSPS) is 12.2. The van der Waals surface area contributed by atoms with Crippen LogP contribution in [0.4, 0.5) is 5.69 Å². The van der Waals surface area contributed by atoms with Crippen LogP contribution in [0.3, 0.4) is 0 Å². The van der Waals surface area contributed by atoms with E-state index in [1.54, 1.807) is 19.9 Å². The van der Waals surface area contributed by atoms with Crippen molar-refractivity contribution in [3.63, 3.8) is 0 Å². The summed E-state index contributed by atoms with van der Waals surface area (Å²) in [7, 11) is 0. The molecular formula is C26H32N2O4. The molecule has 1 unspecified atom stereocenters. The zero-order chi connectivity index (χ0) is 23.6. The Morgan fingerprint density at radius 1 is 1.09 bits per heavy atom. The molecule has 0 aliphatic heterocycles. The van der Waals surface area contributed by atoms with Crippen LogP contribution in [0.25, 0.3) is 10.9 Å². The summed E-state index contributed by atoms with van der Waals surface area (Å²) in [6, 6.07) is 11.6. The number of nitrogens with zero attached hydrogens (tertiary/aromatic N) is 1. The van der Waals surface area contributed by atoms with E-state index in [0.717, 1.165) is 33.3 Å². The van der Waals surface area contributed by atoms with Crippen molar-refractivity contribution in [1.82, 2.24) is 4.57 Å². The molecule has 2 N–H and O–H groups in total. The van der Waals surface area contributed by atoms with Crippen molar-refractivity contribution in [2.45, 2.75) is 54.0 Å². The van der Waals surface area contributed by atoms with Crippen LogP contribution in [-0.2, 0) is 20.9 Å². The summed E-state index contributed by atoms with van der Waals surface area (Å²) in [6.07, 6.45) is 0. The molecule has 0 aliphatic carbocycles. The number of amides is 1. The second-order valence-corrected chi connectivity index (χ2v) is 8.58. The van der Waals surface area contributed by atoms with Crippen molar-refractivity contribution < 1.29 is 19.4 Å². The van der Waals surface area contributed by atoms with Gasteiger partial charge in [-0.3, -0.25) is 9.59 Å². The van der Waals surface area contributed by atoms with Gasteiger partial charge in [-0.2, -0.15) is 0 Å². The standard InChI is InChI=1S/C26H32N2O4/c1-7-32-26(31)18(6)25(30)27-22-10-8-16(4)24-21(22)12-17(5)28(24)14-19-9-11-23(29)20(13-19)15(2)3/h8-13,15,18,29H,7,14H2,1-6H3,(H,27,30). The van der Waals surface area contributed by atoms with Gasteiger partial charge in [-0.25, -0.2) is 0 Å². The first-order valence-electron chi connectivity index (χ1n) is 11.0. The van der Waals surface area contributed by atoms with Crippen LogP contribution in [0, 0.1) is 19.8 Å². The zero-order valence-electron chi connectivity index (χ0n) is 19.7. The Morgan fingerprint density at radius 3 is 2.47 bits per heavy atom. The number of aryl methyl sites for hydroxylation is 2. The average molecular weight is 437 g/mol. The van der Waals surface area contributed by atoms with Crippen LogP contribution in [-0.4, -0.2) is 28.2 Å². The van der Waals surface area contributed by atoms with Crippen LogP contribution < -0.4 is 5.32 Å². The monoisotopic (exact) mass is 436 g/mol. The molecule has 6 heteroatoms. The van der Waals surface area contributed by atoms with Crippen LogP contribution in [0.2, 0.25) is 0 Å². The molecule has 6 nitrogen and oxygen atoms in total. The Labute approximate surface area is 189 Å². The van der Waals surface area contributed by atoms with E-state index in [1.165, 1.54) is 0 Å². The van der Waals surface area contributed by atoms with Gasteiger partial charge in [0.05, 0.1) is 17.8 Å². The Balaban J connectivity index is 1.97. The number of hydrogen-bond acceptors (Lipinski definition) is 4. The molecule has 1 atom stereocenters. The highest BCUT2D eigenvalue weighted by molar-refractivity contribution is 6.08. The fourth-order valence-corrected chi connectivity index (χ4v) is 3.96. The van der Waals surface area contributed by atoms with Crippen molar-refractivity contribution >= 4 is 28.5 Å². The van der Waals surface area contributed by atoms with Gasteiger partial charge in [-0.05, 0) is 68.5 Å². The predicted octanol–water partition coefficient (Wildman–Crippen LogP) is 5.27. The minimum absolute atomic E-state index is 0.224. The number of aromatic hydroxyl groups is 1. The molecule has 1 aromatic heterocycles. The molecule has 1 heterocycles.